The zero-order valence-corrected chi connectivity index (χ0v) is 19.3. The Morgan fingerprint density at radius 2 is 1.82 bits per heavy atom. The zero-order valence-electron chi connectivity index (χ0n) is 19.3. The summed E-state index contributed by atoms with van der Waals surface area (Å²) in [7, 11) is 4.04. The van der Waals surface area contributed by atoms with Crippen LogP contribution in [0, 0.1) is 0 Å². The number of carbonyl (C=O) groups is 1. The molecule has 0 fully saturated rings. The number of aromatic nitrogens is 2. The van der Waals surface area contributed by atoms with Crippen molar-refractivity contribution in [1.29, 1.82) is 0 Å². The predicted octanol–water partition coefficient (Wildman–Crippen LogP) is 4.07. The van der Waals surface area contributed by atoms with Gasteiger partial charge >= 0.3 is 6.03 Å². The maximum absolute atomic E-state index is 11.9. The highest BCUT2D eigenvalue weighted by molar-refractivity contribution is 5.90. The summed E-state index contributed by atoms with van der Waals surface area (Å²) in [6, 6.07) is 13.5. The van der Waals surface area contributed by atoms with E-state index in [4.69, 9.17) is 9.72 Å². The predicted molar refractivity (Wildman–Crippen MR) is 131 cm³/mol. The summed E-state index contributed by atoms with van der Waals surface area (Å²) in [5, 5.41) is 8.92. The van der Waals surface area contributed by atoms with E-state index in [0.29, 0.717) is 19.1 Å². The SMILES string of the molecule is CCNC(=O)Nc1ccc2c(c1)-c1nc(Nc3ccc(OCCN(C)C)cc3)ncc1CC2. The van der Waals surface area contributed by atoms with Crippen molar-refractivity contribution in [3.05, 3.63) is 59.8 Å². The lowest BCUT2D eigenvalue weighted by atomic mass is 9.89. The molecule has 0 aliphatic heterocycles. The normalized spacial score (nSPS) is 12.0. The highest BCUT2D eigenvalue weighted by atomic mass is 16.5. The average Bonchev–Trinajstić information content (AvgIpc) is 2.80. The molecule has 0 saturated heterocycles. The van der Waals surface area contributed by atoms with E-state index in [0.717, 1.165) is 53.3 Å². The lowest BCUT2D eigenvalue weighted by Crippen LogP contribution is -2.28. The number of urea groups is 1. The number of fused-ring (bicyclic) bond motifs is 3. The minimum Gasteiger partial charge on any atom is -0.492 e. The molecule has 0 unspecified atom stereocenters. The fourth-order valence-electron chi connectivity index (χ4n) is 3.69. The molecular formula is C25H30N6O2. The first-order valence-corrected chi connectivity index (χ1v) is 11.2. The molecule has 0 spiro atoms. The summed E-state index contributed by atoms with van der Waals surface area (Å²) >= 11 is 0. The lowest BCUT2D eigenvalue weighted by molar-refractivity contribution is 0.252. The van der Waals surface area contributed by atoms with Crippen molar-refractivity contribution in [1.82, 2.24) is 20.2 Å². The Morgan fingerprint density at radius 3 is 2.58 bits per heavy atom. The Balaban J connectivity index is 1.50. The Bertz CT molecular complexity index is 1110. The number of aryl methyl sites for hydroxylation is 2. The van der Waals surface area contributed by atoms with Gasteiger partial charge in [0.1, 0.15) is 12.4 Å². The first kappa shape index (κ1) is 22.5. The molecule has 172 valence electrons. The minimum absolute atomic E-state index is 0.215. The highest BCUT2D eigenvalue weighted by Gasteiger charge is 2.19. The number of ether oxygens (including phenoxy) is 1. The quantitative estimate of drug-likeness (QED) is 0.483. The second-order valence-corrected chi connectivity index (χ2v) is 8.22. The number of amides is 2. The number of hydrogen-bond acceptors (Lipinski definition) is 6. The van der Waals surface area contributed by atoms with Crippen molar-refractivity contribution < 1.29 is 9.53 Å². The monoisotopic (exact) mass is 446 g/mol. The number of benzene rings is 2. The second kappa shape index (κ2) is 10.3. The van der Waals surface area contributed by atoms with Crippen molar-refractivity contribution in [3.63, 3.8) is 0 Å². The summed E-state index contributed by atoms with van der Waals surface area (Å²) in [5.74, 6) is 1.36. The van der Waals surface area contributed by atoms with Gasteiger partial charge < -0.3 is 25.6 Å². The van der Waals surface area contributed by atoms with E-state index in [1.807, 2.05) is 63.6 Å². The van der Waals surface area contributed by atoms with Crippen LogP contribution >= 0.6 is 0 Å². The summed E-state index contributed by atoms with van der Waals surface area (Å²) in [6.07, 6.45) is 3.70. The van der Waals surface area contributed by atoms with Gasteiger partial charge in [0.15, 0.2) is 0 Å². The minimum atomic E-state index is -0.215. The molecule has 8 nitrogen and oxygen atoms in total. The molecule has 1 aliphatic rings. The molecule has 0 atom stereocenters. The summed E-state index contributed by atoms with van der Waals surface area (Å²) in [4.78, 5) is 23.3. The number of anilines is 3. The van der Waals surface area contributed by atoms with Crippen LogP contribution in [0.4, 0.5) is 22.1 Å². The topological polar surface area (TPSA) is 91.4 Å². The van der Waals surface area contributed by atoms with E-state index in [1.54, 1.807) is 0 Å². The number of hydrogen-bond donors (Lipinski definition) is 3. The van der Waals surface area contributed by atoms with E-state index < -0.39 is 0 Å². The molecule has 1 aromatic heterocycles. The van der Waals surface area contributed by atoms with Crippen molar-refractivity contribution in [2.45, 2.75) is 19.8 Å². The first-order valence-electron chi connectivity index (χ1n) is 11.2. The van der Waals surface area contributed by atoms with Crippen molar-refractivity contribution in [3.8, 4) is 17.0 Å². The lowest BCUT2D eigenvalue weighted by Gasteiger charge is -2.20. The maximum Gasteiger partial charge on any atom is 0.319 e. The number of nitrogens with zero attached hydrogens (tertiary/aromatic N) is 3. The van der Waals surface area contributed by atoms with Gasteiger partial charge in [-0.3, -0.25) is 0 Å². The second-order valence-electron chi connectivity index (χ2n) is 8.22. The van der Waals surface area contributed by atoms with Gasteiger partial charge in [0.2, 0.25) is 5.95 Å². The zero-order chi connectivity index (χ0) is 23.2. The molecule has 8 heteroatoms. The van der Waals surface area contributed by atoms with Crippen LogP contribution in [0.3, 0.4) is 0 Å². The fourth-order valence-corrected chi connectivity index (χ4v) is 3.69. The molecule has 0 bridgehead atoms. The Labute approximate surface area is 194 Å². The third-order valence-corrected chi connectivity index (χ3v) is 5.41. The van der Waals surface area contributed by atoms with E-state index in [-0.39, 0.29) is 6.03 Å². The van der Waals surface area contributed by atoms with Gasteiger partial charge in [0, 0.05) is 36.2 Å². The number of nitrogens with one attached hydrogen (secondary N) is 3. The van der Waals surface area contributed by atoms with Gasteiger partial charge in [0.05, 0.1) is 5.69 Å². The average molecular weight is 447 g/mol. The molecule has 2 amide bonds. The molecule has 1 heterocycles. The van der Waals surface area contributed by atoms with E-state index in [1.165, 1.54) is 5.56 Å². The standard InChI is InChI=1S/C25H30N6O2/c1-4-26-25(32)29-20-8-7-17-5-6-18-16-27-24(30-23(18)22(17)15-20)28-19-9-11-21(12-10-19)33-14-13-31(2)3/h7-12,15-16H,4-6,13-14H2,1-3H3,(H2,26,29,32)(H,27,28,30). The van der Waals surface area contributed by atoms with Gasteiger partial charge in [-0.25, -0.2) is 14.8 Å². The van der Waals surface area contributed by atoms with E-state index in [2.05, 4.69) is 31.9 Å². The van der Waals surface area contributed by atoms with Crippen LogP contribution in [-0.2, 0) is 12.8 Å². The van der Waals surface area contributed by atoms with Crippen LogP contribution in [0.25, 0.3) is 11.3 Å². The van der Waals surface area contributed by atoms with E-state index in [9.17, 15) is 4.79 Å². The van der Waals surface area contributed by atoms with E-state index >= 15 is 0 Å². The molecule has 33 heavy (non-hydrogen) atoms. The number of likely N-dealkylation sites (N-methyl/N-ethyl adjacent to an activating group) is 1. The molecular weight excluding hydrogens is 416 g/mol. The van der Waals surface area contributed by atoms with Crippen LogP contribution in [0.2, 0.25) is 0 Å². The summed E-state index contributed by atoms with van der Waals surface area (Å²) in [6.45, 7) is 3.97. The van der Waals surface area contributed by atoms with Crippen molar-refractivity contribution in [2.75, 3.05) is 44.4 Å². The molecule has 4 rings (SSSR count). The van der Waals surface area contributed by atoms with Crippen LogP contribution in [0.15, 0.2) is 48.7 Å². The third-order valence-electron chi connectivity index (χ3n) is 5.41. The van der Waals surface area contributed by atoms with Gasteiger partial charge in [0.25, 0.3) is 0 Å². The highest BCUT2D eigenvalue weighted by Crippen LogP contribution is 2.34. The summed E-state index contributed by atoms with van der Waals surface area (Å²) < 4.78 is 5.75. The smallest absolute Gasteiger partial charge is 0.319 e. The molecule has 2 aromatic carbocycles. The van der Waals surface area contributed by atoms with Crippen LogP contribution in [0.1, 0.15) is 18.1 Å². The maximum atomic E-state index is 11.9. The van der Waals surface area contributed by atoms with Gasteiger partial charge in [-0.1, -0.05) is 6.07 Å². The molecule has 1 aliphatic carbocycles. The summed E-state index contributed by atoms with van der Waals surface area (Å²) in [5.41, 5.74) is 5.88. The number of carbonyl (C=O) groups excluding carboxylic acids is 1. The Kier molecular flexibility index (Phi) is 7.04. The Morgan fingerprint density at radius 1 is 1.06 bits per heavy atom. The van der Waals surface area contributed by atoms with Crippen LogP contribution in [-0.4, -0.2) is 54.7 Å². The molecule has 0 saturated carbocycles. The van der Waals surface area contributed by atoms with Gasteiger partial charge in [-0.15, -0.1) is 0 Å². The first-order chi connectivity index (χ1) is 16.0. The molecule has 3 aromatic rings. The number of rotatable bonds is 8. The van der Waals surface area contributed by atoms with Gasteiger partial charge in [-0.2, -0.15) is 0 Å². The molecule has 3 N–H and O–H groups in total. The Hall–Kier alpha value is -3.65. The van der Waals surface area contributed by atoms with Crippen molar-refractivity contribution >= 4 is 23.4 Å². The third kappa shape index (κ3) is 5.78. The van der Waals surface area contributed by atoms with Crippen molar-refractivity contribution in [2.24, 2.45) is 0 Å². The fraction of sp³-hybridized carbons (Fsp3) is 0.320. The largest absolute Gasteiger partial charge is 0.492 e. The van der Waals surface area contributed by atoms with Gasteiger partial charge in [-0.05, 0) is 81.4 Å². The van der Waals surface area contributed by atoms with Crippen LogP contribution in [0.5, 0.6) is 5.75 Å². The van der Waals surface area contributed by atoms with Crippen LogP contribution < -0.4 is 20.7 Å². The molecule has 0 radical (unpaired) electrons.